The van der Waals surface area contributed by atoms with Crippen LogP contribution in [0.25, 0.3) is 0 Å². The number of nitrogens with zero attached hydrogens (tertiary/aromatic N) is 1. The lowest BCUT2D eigenvalue weighted by Gasteiger charge is -2.28. The molecule has 0 bridgehead atoms. The number of rotatable bonds is 4. The van der Waals surface area contributed by atoms with Gasteiger partial charge in [-0.25, -0.2) is 8.42 Å². The first kappa shape index (κ1) is 17.5. The van der Waals surface area contributed by atoms with Gasteiger partial charge in [-0.1, -0.05) is 17.7 Å². The summed E-state index contributed by atoms with van der Waals surface area (Å²) in [4.78, 5) is 14.5. The van der Waals surface area contributed by atoms with Crippen molar-refractivity contribution in [3.8, 4) is 5.75 Å². The van der Waals surface area contributed by atoms with Crippen molar-refractivity contribution in [2.24, 2.45) is 0 Å². The maximum absolute atomic E-state index is 13.1. The number of sulfone groups is 1. The third-order valence-electron chi connectivity index (χ3n) is 3.88. The van der Waals surface area contributed by atoms with Gasteiger partial charge in [0, 0.05) is 21.7 Å². The number of carbonyl (C=O) groups excluding carboxylic acids is 1. The van der Waals surface area contributed by atoms with Crippen LogP contribution in [0, 0.1) is 0 Å². The number of amides is 1. The molecule has 0 fully saturated rings. The summed E-state index contributed by atoms with van der Waals surface area (Å²) in [6.45, 7) is 0. The van der Waals surface area contributed by atoms with Gasteiger partial charge < -0.3 is 9.64 Å². The van der Waals surface area contributed by atoms with Crippen LogP contribution in [0.1, 0.15) is 10.4 Å². The summed E-state index contributed by atoms with van der Waals surface area (Å²) in [7, 11) is -1.76. The monoisotopic (exact) mass is 377 g/mol. The standard InChI is InChI=1S/C18H16ClNO4S/c1-24-17-7-5-15(6-8-17)20(16-9-10-25(22,23)12-16)18(21)13-3-2-4-14(19)11-13/h2-11,16H,12H2,1H3/t16-/m1/s1. The number of hydrogen-bond donors (Lipinski definition) is 0. The second-order valence-electron chi connectivity index (χ2n) is 5.61. The number of carbonyl (C=O) groups is 1. The Morgan fingerprint density at radius 2 is 1.92 bits per heavy atom. The fourth-order valence-electron chi connectivity index (χ4n) is 2.68. The Morgan fingerprint density at radius 3 is 2.48 bits per heavy atom. The molecule has 3 rings (SSSR count). The van der Waals surface area contributed by atoms with E-state index in [4.69, 9.17) is 16.3 Å². The Labute approximate surface area is 151 Å². The molecule has 1 aliphatic rings. The Balaban J connectivity index is 2.02. The molecule has 0 aromatic heterocycles. The topological polar surface area (TPSA) is 63.7 Å². The maximum atomic E-state index is 13.1. The van der Waals surface area contributed by atoms with Crippen molar-refractivity contribution < 1.29 is 17.9 Å². The highest BCUT2D eigenvalue weighted by atomic mass is 35.5. The zero-order valence-electron chi connectivity index (χ0n) is 13.4. The molecule has 1 atom stereocenters. The van der Waals surface area contributed by atoms with Crippen molar-refractivity contribution in [1.29, 1.82) is 0 Å². The highest BCUT2D eigenvalue weighted by molar-refractivity contribution is 7.94. The van der Waals surface area contributed by atoms with Gasteiger partial charge in [-0.05, 0) is 48.5 Å². The predicted molar refractivity (Wildman–Crippen MR) is 98.0 cm³/mol. The van der Waals surface area contributed by atoms with Crippen molar-refractivity contribution in [3.63, 3.8) is 0 Å². The van der Waals surface area contributed by atoms with E-state index in [1.807, 2.05) is 0 Å². The Hall–Kier alpha value is -2.31. The summed E-state index contributed by atoms with van der Waals surface area (Å²) in [6, 6.07) is 12.9. The Bertz CT molecular complexity index is 922. The second-order valence-corrected chi connectivity index (χ2v) is 7.98. The van der Waals surface area contributed by atoms with E-state index in [9.17, 15) is 13.2 Å². The zero-order chi connectivity index (χ0) is 18.0. The number of benzene rings is 2. The largest absolute Gasteiger partial charge is 0.497 e. The minimum absolute atomic E-state index is 0.147. The molecule has 25 heavy (non-hydrogen) atoms. The molecular formula is C18H16ClNO4S. The molecule has 2 aromatic rings. The van der Waals surface area contributed by atoms with Crippen LogP contribution in [-0.4, -0.2) is 33.2 Å². The Morgan fingerprint density at radius 1 is 1.20 bits per heavy atom. The van der Waals surface area contributed by atoms with Crippen LogP contribution in [0.4, 0.5) is 5.69 Å². The average molecular weight is 378 g/mol. The first-order valence-electron chi connectivity index (χ1n) is 7.54. The fraction of sp³-hybridized carbons (Fsp3) is 0.167. The van der Waals surface area contributed by atoms with Gasteiger partial charge in [-0.3, -0.25) is 4.79 Å². The molecule has 0 saturated heterocycles. The number of anilines is 1. The molecule has 2 aromatic carbocycles. The highest BCUT2D eigenvalue weighted by Crippen LogP contribution is 2.27. The van der Waals surface area contributed by atoms with E-state index in [-0.39, 0.29) is 11.7 Å². The molecule has 0 aliphatic carbocycles. The molecule has 0 unspecified atom stereocenters. The van der Waals surface area contributed by atoms with Gasteiger partial charge in [0.25, 0.3) is 5.91 Å². The number of hydrogen-bond acceptors (Lipinski definition) is 4. The summed E-state index contributed by atoms with van der Waals surface area (Å²) < 4.78 is 28.8. The van der Waals surface area contributed by atoms with E-state index in [2.05, 4.69) is 0 Å². The van der Waals surface area contributed by atoms with E-state index in [0.29, 0.717) is 22.0 Å². The molecule has 5 nitrogen and oxygen atoms in total. The minimum atomic E-state index is -3.31. The molecule has 0 spiro atoms. The summed E-state index contributed by atoms with van der Waals surface area (Å²) in [6.07, 6.45) is 1.53. The van der Waals surface area contributed by atoms with Gasteiger partial charge in [-0.15, -0.1) is 0 Å². The van der Waals surface area contributed by atoms with E-state index < -0.39 is 15.9 Å². The maximum Gasteiger partial charge on any atom is 0.258 e. The number of methoxy groups -OCH3 is 1. The quantitative estimate of drug-likeness (QED) is 0.820. The lowest BCUT2D eigenvalue weighted by molar-refractivity contribution is 0.0983. The summed E-state index contributed by atoms with van der Waals surface area (Å²) >= 11 is 5.99. The zero-order valence-corrected chi connectivity index (χ0v) is 15.0. The number of ether oxygens (including phenoxy) is 1. The van der Waals surface area contributed by atoms with E-state index >= 15 is 0 Å². The van der Waals surface area contributed by atoms with Gasteiger partial charge in [0.1, 0.15) is 5.75 Å². The lowest BCUT2D eigenvalue weighted by Crippen LogP contribution is -2.41. The van der Waals surface area contributed by atoms with Gasteiger partial charge in [0.2, 0.25) is 0 Å². The molecule has 0 saturated carbocycles. The minimum Gasteiger partial charge on any atom is -0.497 e. The summed E-state index contributed by atoms with van der Waals surface area (Å²) in [5, 5.41) is 1.59. The highest BCUT2D eigenvalue weighted by Gasteiger charge is 2.32. The van der Waals surface area contributed by atoms with Crippen molar-refractivity contribution in [3.05, 3.63) is 70.6 Å². The van der Waals surface area contributed by atoms with Crippen LogP contribution in [0.2, 0.25) is 5.02 Å². The van der Waals surface area contributed by atoms with Gasteiger partial charge in [-0.2, -0.15) is 0 Å². The van der Waals surface area contributed by atoms with Gasteiger partial charge in [0.15, 0.2) is 9.84 Å². The van der Waals surface area contributed by atoms with Gasteiger partial charge >= 0.3 is 0 Å². The van der Waals surface area contributed by atoms with E-state index in [1.165, 1.54) is 11.0 Å². The average Bonchev–Trinajstić information content (AvgIpc) is 2.95. The molecular weight excluding hydrogens is 362 g/mol. The SMILES string of the molecule is COc1ccc(N(C(=O)c2cccc(Cl)c2)[C@@H]2C=CS(=O)(=O)C2)cc1. The van der Waals surface area contributed by atoms with Crippen molar-refractivity contribution >= 4 is 33.0 Å². The van der Waals surface area contributed by atoms with E-state index in [0.717, 1.165) is 5.41 Å². The van der Waals surface area contributed by atoms with Crippen LogP contribution in [0.3, 0.4) is 0 Å². The molecule has 7 heteroatoms. The molecule has 0 N–H and O–H groups in total. The molecule has 1 heterocycles. The fourth-order valence-corrected chi connectivity index (χ4v) is 4.14. The third-order valence-corrected chi connectivity index (χ3v) is 5.50. The van der Waals surface area contributed by atoms with Crippen LogP contribution < -0.4 is 9.64 Å². The van der Waals surface area contributed by atoms with Crippen molar-refractivity contribution in [2.45, 2.75) is 6.04 Å². The second kappa shape index (κ2) is 6.90. The lowest BCUT2D eigenvalue weighted by atomic mass is 10.1. The van der Waals surface area contributed by atoms with Crippen LogP contribution >= 0.6 is 11.6 Å². The molecule has 1 amide bonds. The Kier molecular flexibility index (Phi) is 4.83. The predicted octanol–water partition coefficient (Wildman–Crippen LogP) is 3.31. The summed E-state index contributed by atoms with van der Waals surface area (Å²) in [5.41, 5.74) is 0.971. The van der Waals surface area contributed by atoms with E-state index in [1.54, 1.807) is 55.6 Å². The van der Waals surface area contributed by atoms with Crippen LogP contribution in [0.15, 0.2) is 60.0 Å². The molecule has 0 radical (unpaired) electrons. The number of halogens is 1. The third kappa shape index (κ3) is 3.86. The normalized spacial score (nSPS) is 18.1. The van der Waals surface area contributed by atoms with Crippen LogP contribution in [0.5, 0.6) is 5.75 Å². The molecule has 1 aliphatic heterocycles. The summed E-state index contributed by atoms with van der Waals surface area (Å²) in [5.74, 6) is 0.179. The molecule has 130 valence electrons. The first-order valence-corrected chi connectivity index (χ1v) is 9.63. The van der Waals surface area contributed by atoms with Crippen molar-refractivity contribution in [2.75, 3.05) is 17.8 Å². The first-order chi connectivity index (χ1) is 11.9. The van der Waals surface area contributed by atoms with Gasteiger partial charge in [0.05, 0.1) is 18.9 Å². The smallest absolute Gasteiger partial charge is 0.258 e. The van der Waals surface area contributed by atoms with Crippen molar-refractivity contribution in [1.82, 2.24) is 0 Å². The van der Waals surface area contributed by atoms with Crippen LogP contribution in [-0.2, 0) is 9.84 Å².